The fourth-order valence-corrected chi connectivity index (χ4v) is 2.66. The van der Waals surface area contributed by atoms with E-state index < -0.39 is 0 Å². The normalized spacial score (nSPS) is 17.9. The Bertz CT molecular complexity index is 375. The molecule has 2 rings (SSSR count). The SMILES string of the molecule is CCCCOc1ccc(C(NN)C2CCOCC2)cc1. The summed E-state index contributed by atoms with van der Waals surface area (Å²) in [6.07, 6.45) is 4.37. The van der Waals surface area contributed by atoms with Gasteiger partial charge < -0.3 is 9.47 Å². The molecule has 1 aliphatic rings. The largest absolute Gasteiger partial charge is 0.494 e. The average Bonchev–Trinajstić information content (AvgIpc) is 2.51. The van der Waals surface area contributed by atoms with Crippen LogP contribution in [0.5, 0.6) is 5.75 Å². The first kappa shape index (κ1) is 15.3. The summed E-state index contributed by atoms with van der Waals surface area (Å²) >= 11 is 0. The fourth-order valence-electron chi connectivity index (χ4n) is 2.66. The third-order valence-electron chi connectivity index (χ3n) is 3.92. The molecule has 0 radical (unpaired) electrons. The predicted molar refractivity (Wildman–Crippen MR) is 80.5 cm³/mol. The summed E-state index contributed by atoms with van der Waals surface area (Å²) in [5.41, 5.74) is 4.19. The standard InChI is InChI=1S/C16H26N2O2/c1-2-3-10-20-15-6-4-13(5-7-15)16(18-17)14-8-11-19-12-9-14/h4-7,14,16,18H,2-3,8-12,17H2,1H3. The van der Waals surface area contributed by atoms with Crippen molar-refractivity contribution in [2.75, 3.05) is 19.8 Å². The summed E-state index contributed by atoms with van der Waals surface area (Å²) in [5, 5.41) is 0. The molecule has 1 aliphatic heterocycles. The summed E-state index contributed by atoms with van der Waals surface area (Å²) in [7, 11) is 0. The highest BCUT2D eigenvalue weighted by Crippen LogP contribution is 2.30. The molecule has 1 aromatic rings. The zero-order chi connectivity index (χ0) is 14.2. The number of hydrogen-bond donors (Lipinski definition) is 2. The molecule has 1 unspecified atom stereocenters. The quantitative estimate of drug-likeness (QED) is 0.457. The van der Waals surface area contributed by atoms with Crippen LogP contribution in [0.4, 0.5) is 0 Å². The lowest BCUT2D eigenvalue weighted by molar-refractivity contribution is 0.0536. The molecular formula is C16H26N2O2. The molecular weight excluding hydrogens is 252 g/mol. The first-order chi connectivity index (χ1) is 9.85. The molecule has 20 heavy (non-hydrogen) atoms. The van der Waals surface area contributed by atoms with Crippen LogP contribution in [0.3, 0.4) is 0 Å². The summed E-state index contributed by atoms with van der Waals surface area (Å²) in [6.45, 7) is 4.62. The number of ether oxygens (including phenoxy) is 2. The van der Waals surface area contributed by atoms with Crippen LogP contribution < -0.4 is 16.0 Å². The summed E-state index contributed by atoms with van der Waals surface area (Å²) in [5.74, 6) is 7.23. The molecule has 1 saturated heterocycles. The number of hydrazine groups is 1. The highest BCUT2D eigenvalue weighted by molar-refractivity contribution is 5.29. The Morgan fingerprint density at radius 3 is 2.60 bits per heavy atom. The Morgan fingerprint density at radius 2 is 2.00 bits per heavy atom. The van der Waals surface area contributed by atoms with Crippen molar-refractivity contribution in [1.82, 2.24) is 5.43 Å². The Hall–Kier alpha value is -1.10. The second-order valence-electron chi connectivity index (χ2n) is 5.37. The maximum Gasteiger partial charge on any atom is 0.119 e. The molecule has 1 atom stereocenters. The summed E-state index contributed by atoms with van der Waals surface area (Å²) < 4.78 is 11.1. The monoisotopic (exact) mass is 278 g/mol. The Labute approximate surface area is 121 Å². The molecule has 1 heterocycles. The zero-order valence-corrected chi connectivity index (χ0v) is 12.3. The van der Waals surface area contributed by atoms with Crippen LogP contribution in [0, 0.1) is 5.92 Å². The number of nitrogens with one attached hydrogen (secondary N) is 1. The number of nitrogens with two attached hydrogens (primary N) is 1. The summed E-state index contributed by atoms with van der Waals surface area (Å²) in [6, 6.07) is 8.50. The Kier molecular flexibility index (Phi) is 6.30. The van der Waals surface area contributed by atoms with Gasteiger partial charge in [0.2, 0.25) is 0 Å². The minimum Gasteiger partial charge on any atom is -0.494 e. The second-order valence-corrected chi connectivity index (χ2v) is 5.37. The van der Waals surface area contributed by atoms with E-state index in [1.807, 2.05) is 12.1 Å². The number of benzene rings is 1. The molecule has 4 heteroatoms. The smallest absolute Gasteiger partial charge is 0.119 e. The van der Waals surface area contributed by atoms with Crippen LogP contribution >= 0.6 is 0 Å². The van der Waals surface area contributed by atoms with Gasteiger partial charge in [-0.25, -0.2) is 0 Å². The van der Waals surface area contributed by atoms with E-state index in [2.05, 4.69) is 24.5 Å². The van der Waals surface area contributed by atoms with Crippen molar-refractivity contribution in [3.8, 4) is 5.75 Å². The van der Waals surface area contributed by atoms with E-state index in [9.17, 15) is 0 Å². The van der Waals surface area contributed by atoms with Gasteiger partial charge in [0.15, 0.2) is 0 Å². The predicted octanol–water partition coefficient (Wildman–Crippen LogP) is 2.80. The molecule has 1 fully saturated rings. The van der Waals surface area contributed by atoms with Crippen molar-refractivity contribution in [2.24, 2.45) is 11.8 Å². The third kappa shape index (κ3) is 4.20. The van der Waals surface area contributed by atoms with Gasteiger partial charge in [0, 0.05) is 19.3 Å². The number of unbranched alkanes of at least 4 members (excludes halogenated alkanes) is 1. The lowest BCUT2D eigenvalue weighted by Gasteiger charge is -2.30. The molecule has 0 bridgehead atoms. The Balaban J connectivity index is 1.95. The van der Waals surface area contributed by atoms with E-state index in [1.54, 1.807) is 0 Å². The van der Waals surface area contributed by atoms with Crippen LogP contribution in [0.15, 0.2) is 24.3 Å². The van der Waals surface area contributed by atoms with Crippen LogP contribution in [-0.2, 0) is 4.74 Å². The molecule has 0 aliphatic carbocycles. The van der Waals surface area contributed by atoms with Crippen molar-refractivity contribution < 1.29 is 9.47 Å². The average molecular weight is 278 g/mol. The first-order valence-corrected chi connectivity index (χ1v) is 7.61. The van der Waals surface area contributed by atoms with Gasteiger partial charge in [-0.15, -0.1) is 0 Å². The maximum absolute atomic E-state index is 5.75. The van der Waals surface area contributed by atoms with Gasteiger partial charge in [0.1, 0.15) is 5.75 Å². The topological polar surface area (TPSA) is 56.5 Å². The minimum absolute atomic E-state index is 0.198. The van der Waals surface area contributed by atoms with E-state index in [1.165, 1.54) is 5.56 Å². The molecule has 112 valence electrons. The molecule has 3 N–H and O–H groups in total. The zero-order valence-electron chi connectivity index (χ0n) is 12.3. The van der Waals surface area contributed by atoms with E-state index >= 15 is 0 Å². The van der Waals surface area contributed by atoms with Gasteiger partial charge in [-0.3, -0.25) is 11.3 Å². The van der Waals surface area contributed by atoms with E-state index in [0.29, 0.717) is 5.92 Å². The van der Waals surface area contributed by atoms with Crippen LogP contribution in [0.1, 0.15) is 44.2 Å². The lowest BCUT2D eigenvalue weighted by atomic mass is 9.87. The van der Waals surface area contributed by atoms with Crippen LogP contribution in [0.25, 0.3) is 0 Å². The van der Waals surface area contributed by atoms with E-state index in [-0.39, 0.29) is 6.04 Å². The molecule has 0 aromatic heterocycles. The van der Waals surface area contributed by atoms with Crippen molar-refractivity contribution >= 4 is 0 Å². The minimum atomic E-state index is 0.198. The van der Waals surface area contributed by atoms with Crippen LogP contribution in [-0.4, -0.2) is 19.8 Å². The van der Waals surface area contributed by atoms with Gasteiger partial charge in [-0.05, 0) is 42.9 Å². The molecule has 4 nitrogen and oxygen atoms in total. The van der Waals surface area contributed by atoms with Gasteiger partial charge in [-0.2, -0.15) is 0 Å². The van der Waals surface area contributed by atoms with Crippen molar-refractivity contribution in [2.45, 2.75) is 38.6 Å². The highest BCUT2D eigenvalue weighted by atomic mass is 16.5. The van der Waals surface area contributed by atoms with E-state index in [4.69, 9.17) is 15.3 Å². The van der Waals surface area contributed by atoms with Gasteiger partial charge >= 0.3 is 0 Å². The fraction of sp³-hybridized carbons (Fsp3) is 0.625. The van der Waals surface area contributed by atoms with Gasteiger partial charge in [0.25, 0.3) is 0 Å². The third-order valence-corrected chi connectivity index (χ3v) is 3.92. The van der Waals surface area contributed by atoms with Gasteiger partial charge in [-0.1, -0.05) is 25.5 Å². The Morgan fingerprint density at radius 1 is 1.30 bits per heavy atom. The van der Waals surface area contributed by atoms with Crippen molar-refractivity contribution in [1.29, 1.82) is 0 Å². The number of rotatable bonds is 7. The van der Waals surface area contributed by atoms with Crippen LogP contribution in [0.2, 0.25) is 0 Å². The second kappa shape index (κ2) is 8.25. The molecule has 0 spiro atoms. The highest BCUT2D eigenvalue weighted by Gasteiger charge is 2.24. The van der Waals surface area contributed by atoms with Crippen molar-refractivity contribution in [3.63, 3.8) is 0 Å². The van der Waals surface area contributed by atoms with Gasteiger partial charge in [0.05, 0.1) is 6.61 Å². The molecule has 1 aromatic carbocycles. The summed E-state index contributed by atoms with van der Waals surface area (Å²) in [4.78, 5) is 0. The maximum atomic E-state index is 5.75. The van der Waals surface area contributed by atoms with E-state index in [0.717, 1.165) is 51.3 Å². The first-order valence-electron chi connectivity index (χ1n) is 7.61. The lowest BCUT2D eigenvalue weighted by Crippen LogP contribution is -2.36. The molecule has 0 amide bonds. The number of hydrogen-bond acceptors (Lipinski definition) is 4. The molecule has 0 saturated carbocycles. The van der Waals surface area contributed by atoms with Crippen molar-refractivity contribution in [3.05, 3.63) is 29.8 Å².